The lowest BCUT2D eigenvalue weighted by atomic mass is 10.1. The minimum Gasteiger partial charge on any atom is -0.357 e. The quantitative estimate of drug-likeness (QED) is 0.385. The fourth-order valence-corrected chi connectivity index (χ4v) is 3.04. The van der Waals surface area contributed by atoms with Crippen molar-refractivity contribution in [1.82, 2.24) is 15.5 Å². The van der Waals surface area contributed by atoms with Gasteiger partial charge in [0.25, 0.3) is 0 Å². The lowest BCUT2D eigenvalue weighted by Crippen LogP contribution is -2.48. The van der Waals surface area contributed by atoms with Crippen molar-refractivity contribution in [2.45, 2.75) is 52.6 Å². The zero-order valence-corrected chi connectivity index (χ0v) is 18.0. The largest absolute Gasteiger partial charge is 0.357 e. The van der Waals surface area contributed by atoms with Crippen LogP contribution in [-0.2, 0) is 6.54 Å². The summed E-state index contributed by atoms with van der Waals surface area (Å²) in [6.45, 7) is 10.9. The molecule has 6 heteroatoms. The zero-order chi connectivity index (χ0) is 17.4. The summed E-state index contributed by atoms with van der Waals surface area (Å²) in [7, 11) is 0. The molecule has 1 aromatic carbocycles. The highest BCUT2D eigenvalue weighted by Crippen LogP contribution is 2.12. The first kappa shape index (κ1) is 22.2. The van der Waals surface area contributed by atoms with Crippen molar-refractivity contribution < 1.29 is 4.39 Å². The molecule has 0 saturated carbocycles. The van der Waals surface area contributed by atoms with Crippen LogP contribution in [0.4, 0.5) is 4.39 Å². The maximum absolute atomic E-state index is 13.6. The molecule has 1 aliphatic heterocycles. The molecule has 0 bridgehead atoms. The molecular weight excluding hydrogens is 430 g/mol. The van der Waals surface area contributed by atoms with Gasteiger partial charge in [0.1, 0.15) is 5.82 Å². The Kier molecular flexibility index (Phi) is 10.3. The fourth-order valence-electron chi connectivity index (χ4n) is 3.04. The SMILES string of the molecule is CCCN1CCC(NC(=NCc2ccc(C)c(F)c2)NCC)CC1.I. The highest BCUT2D eigenvalue weighted by Gasteiger charge is 2.19. The maximum Gasteiger partial charge on any atom is 0.191 e. The molecule has 0 aliphatic carbocycles. The van der Waals surface area contributed by atoms with Gasteiger partial charge in [0.2, 0.25) is 0 Å². The molecule has 25 heavy (non-hydrogen) atoms. The number of hydrogen-bond acceptors (Lipinski definition) is 2. The number of nitrogens with zero attached hydrogens (tertiary/aromatic N) is 2. The highest BCUT2D eigenvalue weighted by atomic mass is 127. The van der Waals surface area contributed by atoms with Gasteiger partial charge in [0.15, 0.2) is 5.96 Å². The number of aryl methyl sites for hydroxylation is 1. The summed E-state index contributed by atoms with van der Waals surface area (Å²) in [5.74, 6) is 0.663. The van der Waals surface area contributed by atoms with Crippen LogP contribution in [0.15, 0.2) is 23.2 Å². The molecule has 1 aromatic rings. The number of guanidine groups is 1. The fraction of sp³-hybridized carbons (Fsp3) is 0.632. The van der Waals surface area contributed by atoms with Gasteiger partial charge in [-0.05, 0) is 56.8 Å². The Hall–Kier alpha value is -0.890. The molecule has 0 spiro atoms. The topological polar surface area (TPSA) is 39.7 Å². The molecule has 0 atom stereocenters. The van der Waals surface area contributed by atoms with Gasteiger partial charge in [-0.3, -0.25) is 0 Å². The smallest absolute Gasteiger partial charge is 0.191 e. The van der Waals surface area contributed by atoms with Crippen molar-refractivity contribution in [3.63, 3.8) is 0 Å². The van der Waals surface area contributed by atoms with Gasteiger partial charge in [-0.2, -0.15) is 0 Å². The maximum atomic E-state index is 13.6. The second-order valence-corrected chi connectivity index (χ2v) is 6.54. The van der Waals surface area contributed by atoms with E-state index in [2.05, 4.69) is 34.4 Å². The molecule has 1 saturated heterocycles. The van der Waals surface area contributed by atoms with Gasteiger partial charge in [-0.15, -0.1) is 24.0 Å². The van der Waals surface area contributed by atoms with Crippen molar-refractivity contribution in [2.24, 2.45) is 4.99 Å². The van der Waals surface area contributed by atoms with Crippen LogP contribution in [0.25, 0.3) is 0 Å². The van der Waals surface area contributed by atoms with E-state index < -0.39 is 0 Å². The summed E-state index contributed by atoms with van der Waals surface area (Å²) in [5, 5.41) is 6.83. The van der Waals surface area contributed by atoms with Crippen molar-refractivity contribution in [1.29, 1.82) is 0 Å². The zero-order valence-electron chi connectivity index (χ0n) is 15.6. The van der Waals surface area contributed by atoms with Crippen LogP contribution in [-0.4, -0.2) is 43.1 Å². The van der Waals surface area contributed by atoms with E-state index in [1.807, 2.05) is 12.1 Å². The Morgan fingerprint density at radius 1 is 1.28 bits per heavy atom. The Morgan fingerprint density at radius 3 is 2.60 bits per heavy atom. The molecule has 142 valence electrons. The molecule has 1 fully saturated rings. The summed E-state index contributed by atoms with van der Waals surface area (Å²) >= 11 is 0. The first-order chi connectivity index (χ1) is 11.6. The predicted molar refractivity (Wildman–Crippen MR) is 114 cm³/mol. The Balaban J connectivity index is 0.00000312. The first-order valence-corrected chi connectivity index (χ1v) is 9.14. The third kappa shape index (κ3) is 7.48. The lowest BCUT2D eigenvalue weighted by Gasteiger charge is -2.32. The average Bonchev–Trinajstić information content (AvgIpc) is 2.58. The normalized spacial score (nSPS) is 16.4. The minimum atomic E-state index is -0.163. The van der Waals surface area contributed by atoms with E-state index in [4.69, 9.17) is 0 Å². The standard InChI is InChI=1S/C19H31FN4.HI/c1-4-10-24-11-8-17(9-12-24)23-19(21-5-2)22-14-16-7-6-15(3)18(20)13-16;/h6-7,13,17H,4-5,8-12,14H2,1-3H3,(H2,21,22,23);1H. The minimum absolute atomic E-state index is 0. The number of halogens is 2. The number of likely N-dealkylation sites (tertiary alicyclic amines) is 1. The van der Waals surface area contributed by atoms with Gasteiger partial charge in [0, 0.05) is 25.7 Å². The molecule has 0 amide bonds. The summed E-state index contributed by atoms with van der Waals surface area (Å²) in [6.07, 6.45) is 3.50. The van der Waals surface area contributed by atoms with Crippen molar-refractivity contribution in [3.05, 3.63) is 35.1 Å². The van der Waals surface area contributed by atoms with Crippen molar-refractivity contribution >= 4 is 29.9 Å². The number of aliphatic imine (C=N–C) groups is 1. The molecule has 1 aliphatic rings. The lowest BCUT2D eigenvalue weighted by molar-refractivity contribution is 0.206. The Labute approximate surface area is 168 Å². The predicted octanol–water partition coefficient (Wildman–Crippen LogP) is 3.68. The molecule has 0 radical (unpaired) electrons. The monoisotopic (exact) mass is 462 g/mol. The van der Waals surface area contributed by atoms with Crippen LogP contribution in [0.1, 0.15) is 44.2 Å². The van der Waals surface area contributed by atoms with Crippen LogP contribution < -0.4 is 10.6 Å². The van der Waals surface area contributed by atoms with E-state index in [1.54, 1.807) is 13.0 Å². The number of rotatable bonds is 6. The summed E-state index contributed by atoms with van der Waals surface area (Å²) in [4.78, 5) is 7.14. The van der Waals surface area contributed by atoms with Crippen LogP contribution in [0.5, 0.6) is 0 Å². The van der Waals surface area contributed by atoms with Crippen LogP contribution in [0.2, 0.25) is 0 Å². The second-order valence-electron chi connectivity index (χ2n) is 6.54. The van der Waals surface area contributed by atoms with Gasteiger partial charge >= 0.3 is 0 Å². The van der Waals surface area contributed by atoms with Gasteiger partial charge < -0.3 is 15.5 Å². The van der Waals surface area contributed by atoms with Gasteiger partial charge in [0.05, 0.1) is 6.54 Å². The molecular formula is C19H32FIN4. The first-order valence-electron chi connectivity index (χ1n) is 9.14. The van der Waals surface area contributed by atoms with E-state index in [0.717, 1.165) is 44.0 Å². The van der Waals surface area contributed by atoms with Crippen molar-refractivity contribution in [2.75, 3.05) is 26.2 Å². The summed E-state index contributed by atoms with van der Waals surface area (Å²) in [5.41, 5.74) is 1.57. The van der Waals surface area contributed by atoms with E-state index in [-0.39, 0.29) is 29.8 Å². The van der Waals surface area contributed by atoms with Gasteiger partial charge in [-0.25, -0.2) is 9.38 Å². The van der Waals surface area contributed by atoms with Crippen molar-refractivity contribution in [3.8, 4) is 0 Å². The summed E-state index contributed by atoms with van der Waals surface area (Å²) in [6, 6.07) is 5.79. The van der Waals surface area contributed by atoms with Crippen LogP contribution in [0.3, 0.4) is 0 Å². The Bertz CT molecular complexity index is 542. The molecule has 0 aromatic heterocycles. The number of benzene rings is 1. The molecule has 4 nitrogen and oxygen atoms in total. The number of piperidine rings is 1. The van der Waals surface area contributed by atoms with E-state index >= 15 is 0 Å². The van der Waals surface area contributed by atoms with E-state index in [1.165, 1.54) is 13.0 Å². The van der Waals surface area contributed by atoms with Gasteiger partial charge in [-0.1, -0.05) is 19.1 Å². The third-order valence-electron chi connectivity index (χ3n) is 4.47. The van der Waals surface area contributed by atoms with Crippen LogP contribution >= 0.6 is 24.0 Å². The molecule has 1 heterocycles. The molecule has 2 N–H and O–H groups in total. The number of nitrogens with one attached hydrogen (secondary N) is 2. The summed E-state index contributed by atoms with van der Waals surface area (Å²) < 4.78 is 13.6. The number of hydrogen-bond donors (Lipinski definition) is 2. The van der Waals surface area contributed by atoms with E-state index in [9.17, 15) is 4.39 Å². The second kappa shape index (κ2) is 11.7. The highest BCUT2D eigenvalue weighted by molar-refractivity contribution is 14.0. The third-order valence-corrected chi connectivity index (χ3v) is 4.47. The van der Waals surface area contributed by atoms with Crippen LogP contribution in [0, 0.1) is 12.7 Å². The average molecular weight is 462 g/mol. The Morgan fingerprint density at radius 2 is 2.00 bits per heavy atom. The molecule has 0 unspecified atom stereocenters. The molecule has 2 rings (SSSR count). The van der Waals surface area contributed by atoms with E-state index in [0.29, 0.717) is 18.2 Å².